The maximum atomic E-state index is 11.9. The molecule has 102 valence electrons. The van der Waals surface area contributed by atoms with Gasteiger partial charge in [0.1, 0.15) is 0 Å². The van der Waals surface area contributed by atoms with Gasteiger partial charge in [-0.05, 0) is 25.1 Å². The van der Waals surface area contributed by atoms with Gasteiger partial charge in [-0.2, -0.15) is 0 Å². The van der Waals surface area contributed by atoms with Crippen LogP contribution in [0.25, 0.3) is 0 Å². The van der Waals surface area contributed by atoms with E-state index in [1.807, 2.05) is 0 Å². The monoisotopic (exact) mass is 326 g/mol. The number of hydrogen-bond donors (Lipinski definition) is 2. The number of nitrogens with two attached hydrogens (primary N) is 1. The number of hydrogen-bond acceptors (Lipinski definition) is 4. The van der Waals surface area contributed by atoms with Crippen LogP contribution in [0.5, 0.6) is 0 Å². The average Bonchev–Trinajstić information content (AvgIpc) is 2.38. The molecule has 0 bridgehead atoms. The molecular weight excluding hydrogens is 312 g/mol. The van der Waals surface area contributed by atoms with E-state index >= 15 is 0 Å². The SMILES string of the molecule is C=CCNC(=O)[C@H](C)OC(=O)c1cc(Br)ccc1N. The molecule has 0 aliphatic rings. The van der Waals surface area contributed by atoms with Crippen molar-refractivity contribution in [2.45, 2.75) is 13.0 Å². The molecule has 1 aromatic carbocycles. The quantitative estimate of drug-likeness (QED) is 0.491. The topological polar surface area (TPSA) is 81.4 Å². The second-order valence-corrected chi connectivity index (χ2v) is 4.73. The maximum absolute atomic E-state index is 11.9. The molecule has 0 unspecified atom stereocenters. The number of rotatable bonds is 5. The van der Waals surface area contributed by atoms with Gasteiger partial charge in [0.05, 0.1) is 5.56 Å². The highest BCUT2D eigenvalue weighted by atomic mass is 79.9. The minimum atomic E-state index is -0.897. The molecule has 1 rings (SSSR count). The van der Waals surface area contributed by atoms with Gasteiger partial charge in [-0.25, -0.2) is 4.79 Å². The third-order valence-corrected chi connectivity index (χ3v) is 2.80. The molecule has 0 aromatic heterocycles. The maximum Gasteiger partial charge on any atom is 0.341 e. The van der Waals surface area contributed by atoms with E-state index in [1.54, 1.807) is 24.3 Å². The highest BCUT2D eigenvalue weighted by molar-refractivity contribution is 9.10. The molecule has 0 saturated heterocycles. The van der Waals surface area contributed by atoms with Crippen molar-refractivity contribution in [3.63, 3.8) is 0 Å². The van der Waals surface area contributed by atoms with E-state index in [9.17, 15) is 9.59 Å². The first-order chi connectivity index (χ1) is 8.95. The molecule has 0 radical (unpaired) electrons. The van der Waals surface area contributed by atoms with Crippen molar-refractivity contribution in [3.05, 3.63) is 40.9 Å². The smallest absolute Gasteiger partial charge is 0.341 e. The van der Waals surface area contributed by atoms with E-state index < -0.39 is 12.1 Å². The minimum Gasteiger partial charge on any atom is -0.449 e. The number of amides is 1. The second kappa shape index (κ2) is 6.94. The lowest BCUT2D eigenvalue weighted by molar-refractivity contribution is -0.128. The van der Waals surface area contributed by atoms with Crippen molar-refractivity contribution in [2.24, 2.45) is 0 Å². The molecule has 0 aliphatic carbocycles. The van der Waals surface area contributed by atoms with E-state index in [2.05, 4.69) is 27.8 Å². The third-order valence-electron chi connectivity index (χ3n) is 2.31. The third kappa shape index (κ3) is 4.40. The molecule has 0 spiro atoms. The summed E-state index contributed by atoms with van der Waals surface area (Å²) in [5.41, 5.74) is 6.21. The molecule has 0 heterocycles. The van der Waals surface area contributed by atoms with Crippen LogP contribution in [0.15, 0.2) is 35.3 Å². The zero-order valence-corrected chi connectivity index (χ0v) is 12.1. The Labute approximate surface area is 119 Å². The van der Waals surface area contributed by atoms with E-state index in [0.717, 1.165) is 0 Å². The van der Waals surface area contributed by atoms with Crippen molar-refractivity contribution in [2.75, 3.05) is 12.3 Å². The fraction of sp³-hybridized carbons (Fsp3) is 0.231. The van der Waals surface area contributed by atoms with Crippen molar-refractivity contribution >= 4 is 33.5 Å². The summed E-state index contributed by atoms with van der Waals surface area (Å²) < 4.78 is 5.75. The lowest BCUT2D eigenvalue weighted by atomic mass is 10.2. The average molecular weight is 327 g/mol. The fourth-order valence-electron chi connectivity index (χ4n) is 1.30. The number of benzene rings is 1. The van der Waals surface area contributed by atoms with Gasteiger partial charge in [0.15, 0.2) is 6.10 Å². The van der Waals surface area contributed by atoms with E-state index in [4.69, 9.17) is 10.5 Å². The largest absolute Gasteiger partial charge is 0.449 e. The van der Waals surface area contributed by atoms with E-state index in [0.29, 0.717) is 16.7 Å². The van der Waals surface area contributed by atoms with Gasteiger partial charge >= 0.3 is 5.97 Å². The number of halogens is 1. The van der Waals surface area contributed by atoms with Crippen LogP contribution in [0, 0.1) is 0 Å². The Hall–Kier alpha value is -1.82. The Morgan fingerprint density at radius 3 is 2.89 bits per heavy atom. The van der Waals surface area contributed by atoms with Crippen LogP contribution in [-0.4, -0.2) is 24.5 Å². The Balaban J connectivity index is 2.71. The zero-order valence-electron chi connectivity index (χ0n) is 10.5. The van der Waals surface area contributed by atoms with Gasteiger partial charge in [0.2, 0.25) is 0 Å². The lowest BCUT2D eigenvalue weighted by Gasteiger charge is -2.13. The summed E-state index contributed by atoms with van der Waals surface area (Å²) >= 11 is 3.24. The molecule has 0 saturated carbocycles. The number of nitrogens with one attached hydrogen (secondary N) is 1. The molecule has 3 N–H and O–H groups in total. The lowest BCUT2D eigenvalue weighted by Crippen LogP contribution is -2.35. The van der Waals surface area contributed by atoms with E-state index in [-0.39, 0.29) is 11.5 Å². The van der Waals surface area contributed by atoms with Crippen molar-refractivity contribution in [1.29, 1.82) is 0 Å². The fourth-order valence-corrected chi connectivity index (χ4v) is 1.66. The van der Waals surface area contributed by atoms with Crippen LogP contribution in [0.2, 0.25) is 0 Å². The molecule has 0 fully saturated rings. The number of nitrogen functional groups attached to an aromatic ring is 1. The van der Waals surface area contributed by atoms with Crippen molar-refractivity contribution in [1.82, 2.24) is 5.32 Å². The van der Waals surface area contributed by atoms with Crippen molar-refractivity contribution in [3.8, 4) is 0 Å². The Bertz CT molecular complexity index is 503. The summed E-state index contributed by atoms with van der Waals surface area (Å²) in [7, 11) is 0. The van der Waals surface area contributed by atoms with Gasteiger partial charge in [-0.15, -0.1) is 6.58 Å². The molecule has 1 atom stereocenters. The molecule has 5 nitrogen and oxygen atoms in total. The molecule has 19 heavy (non-hydrogen) atoms. The number of anilines is 1. The predicted octanol–water partition coefficient (Wildman–Crippen LogP) is 1.88. The van der Waals surface area contributed by atoms with Crippen LogP contribution < -0.4 is 11.1 Å². The highest BCUT2D eigenvalue weighted by Crippen LogP contribution is 2.19. The standard InChI is InChI=1S/C13H15BrN2O3/c1-3-6-16-12(17)8(2)19-13(18)10-7-9(14)4-5-11(10)15/h3-5,7-8H,1,6,15H2,2H3,(H,16,17)/t8-/m0/s1. The summed E-state index contributed by atoms with van der Waals surface area (Å²) in [5, 5.41) is 2.54. The van der Waals surface area contributed by atoms with Gasteiger partial charge in [0.25, 0.3) is 5.91 Å². The van der Waals surface area contributed by atoms with Crippen molar-refractivity contribution < 1.29 is 14.3 Å². The summed E-state index contributed by atoms with van der Waals surface area (Å²) in [5.74, 6) is -1.03. The normalized spacial score (nSPS) is 11.5. The summed E-state index contributed by atoms with van der Waals surface area (Å²) in [4.78, 5) is 23.4. The van der Waals surface area contributed by atoms with Crippen LogP contribution in [0.1, 0.15) is 17.3 Å². The summed E-state index contributed by atoms with van der Waals surface area (Å²) in [6, 6.07) is 4.85. The second-order valence-electron chi connectivity index (χ2n) is 3.81. The number of carbonyl (C=O) groups is 2. The summed E-state index contributed by atoms with van der Waals surface area (Å²) in [6.07, 6.45) is 0.643. The Morgan fingerprint density at radius 1 is 1.58 bits per heavy atom. The highest BCUT2D eigenvalue weighted by Gasteiger charge is 2.19. The first-order valence-electron chi connectivity index (χ1n) is 5.60. The number of esters is 1. The van der Waals surface area contributed by atoms with Gasteiger partial charge in [-0.3, -0.25) is 4.79 Å². The Kier molecular flexibility index (Phi) is 5.57. The zero-order chi connectivity index (χ0) is 14.4. The number of ether oxygens (including phenoxy) is 1. The van der Waals surface area contributed by atoms with Crippen LogP contribution >= 0.6 is 15.9 Å². The van der Waals surface area contributed by atoms with Crippen LogP contribution in [0.4, 0.5) is 5.69 Å². The first-order valence-corrected chi connectivity index (χ1v) is 6.39. The molecule has 1 aromatic rings. The molecule has 0 aliphatic heterocycles. The molecular formula is C13H15BrN2O3. The van der Waals surface area contributed by atoms with Gasteiger partial charge < -0.3 is 15.8 Å². The first kappa shape index (κ1) is 15.2. The van der Waals surface area contributed by atoms with Gasteiger partial charge in [0, 0.05) is 16.7 Å². The van der Waals surface area contributed by atoms with E-state index in [1.165, 1.54) is 6.92 Å². The number of carbonyl (C=O) groups excluding carboxylic acids is 2. The summed E-state index contributed by atoms with van der Waals surface area (Å²) in [6.45, 7) is 5.29. The van der Waals surface area contributed by atoms with Crippen LogP contribution in [-0.2, 0) is 9.53 Å². The van der Waals surface area contributed by atoms with Crippen LogP contribution in [0.3, 0.4) is 0 Å². The molecule has 1 amide bonds. The minimum absolute atomic E-state index is 0.220. The van der Waals surface area contributed by atoms with Gasteiger partial charge in [-0.1, -0.05) is 22.0 Å². The molecule has 6 heteroatoms. The Morgan fingerprint density at radius 2 is 2.26 bits per heavy atom. The predicted molar refractivity (Wildman–Crippen MR) is 76.6 cm³/mol.